The first kappa shape index (κ1) is 11.4. The Balaban J connectivity index is 3.23. The number of phenols is 1. The van der Waals surface area contributed by atoms with Crippen LogP contribution in [-0.4, -0.2) is 19.4 Å². The predicted molar refractivity (Wildman–Crippen MR) is 50.7 cm³/mol. The standard InChI is InChI=1S/C8H8FNO4S/c1-5(11)10-6-2-3-7(12)8(4-6)15(9,13)14/h2-4,12H,1H3,(H,10,11). The maximum absolute atomic E-state index is 12.6. The molecule has 0 aliphatic carbocycles. The van der Waals surface area contributed by atoms with Crippen LogP contribution in [0.4, 0.5) is 9.57 Å². The molecule has 0 unspecified atom stereocenters. The van der Waals surface area contributed by atoms with Crippen LogP contribution in [0.25, 0.3) is 0 Å². The van der Waals surface area contributed by atoms with Crippen LogP contribution in [0.1, 0.15) is 6.92 Å². The monoisotopic (exact) mass is 233 g/mol. The number of amides is 1. The molecule has 1 amide bonds. The van der Waals surface area contributed by atoms with Crippen molar-refractivity contribution in [1.29, 1.82) is 0 Å². The van der Waals surface area contributed by atoms with Crippen LogP contribution in [0.15, 0.2) is 23.1 Å². The van der Waals surface area contributed by atoms with Crippen molar-refractivity contribution in [2.45, 2.75) is 11.8 Å². The number of phenolic OH excluding ortho intramolecular Hbond substituents is 1. The second-order valence-corrected chi connectivity index (χ2v) is 4.12. The molecule has 0 aromatic heterocycles. The number of anilines is 1. The number of rotatable bonds is 2. The third-order valence-corrected chi connectivity index (χ3v) is 2.40. The summed E-state index contributed by atoms with van der Waals surface area (Å²) in [6, 6.07) is 3.08. The van der Waals surface area contributed by atoms with E-state index in [0.29, 0.717) is 0 Å². The summed E-state index contributed by atoms with van der Waals surface area (Å²) in [7, 11) is -4.99. The molecule has 0 fully saturated rings. The minimum Gasteiger partial charge on any atom is -0.506 e. The molecule has 7 heteroatoms. The molecular weight excluding hydrogens is 225 g/mol. The lowest BCUT2D eigenvalue weighted by atomic mass is 10.3. The second-order valence-electron chi connectivity index (χ2n) is 2.80. The lowest BCUT2D eigenvalue weighted by Gasteiger charge is -2.04. The van der Waals surface area contributed by atoms with E-state index in [-0.39, 0.29) is 5.69 Å². The first-order valence-corrected chi connectivity index (χ1v) is 5.24. The molecule has 15 heavy (non-hydrogen) atoms. The first-order chi connectivity index (χ1) is 6.80. The third-order valence-electron chi connectivity index (χ3n) is 1.54. The number of hydrogen-bond donors (Lipinski definition) is 2. The van der Waals surface area contributed by atoms with Crippen LogP contribution in [0.5, 0.6) is 5.75 Å². The fraction of sp³-hybridized carbons (Fsp3) is 0.125. The van der Waals surface area contributed by atoms with E-state index < -0.39 is 26.8 Å². The quantitative estimate of drug-likeness (QED) is 0.589. The Labute approximate surface area is 85.8 Å². The van der Waals surface area contributed by atoms with E-state index in [2.05, 4.69) is 5.32 Å². The Kier molecular flexibility index (Phi) is 2.94. The second kappa shape index (κ2) is 3.85. The van der Waals surface area contributed by atoms with Gasteiger partial charge < -0.3 is 10.4 Å². The maximum atomic E-state index is 12.6. The summed E-state index contributed by atoms with van der Waals surface area (Å²) in [4.78, 5) is 9.78. The van der Waals surface area contributed by atoms with E-state index in [1.165, 1.54) is 13.0 Å². The summed E-state index contributed by atoms with van der Waals surface area (Å²) in [5, 5.41) is 11.3. The van der Waals surface area contributed by atoms with Gasteiger partial charge in [0.15, 0.2) is 0 Å². The van der Waals surface area contributed by atoms with Gasteiger partial charge in [0.05, 0.1) is 0 Å². The number of nitrogens with one attached hydrogen (secondary N) is 1. The van der Waals surface area contributed by atoms with E-state index in [9.17, 15) is 17.1 Å². The van der Waals surface area contributed by atoms with Crippen molar-refractivity contribution in [3.05, 3.63) is 18.2 Å². The first-order valence-electron chi connectivity index (χ1n) is 3.86. The molecule has 0 aliphatic heterocycles. The van der Waals surface area contributed by atoms with Crippen LogP contribution in [0.2, 0.25) is 0 Å². The van der Waals surface area contributed by atoms with Gasteiger partial charge in [0.1, 0.15) is 10.6 Å². The molecule has 0 saturated carbocycles. The predicted octanol–water partition coefficient (Wildman–Crippen LogP) is 1.01. The van der Waals surface area contributed by atoms with E-state index in [1.54, 1.807) is 0 Å². The van der Waals surface area contributed by atoms with Crippen LogP contribution in [-0.2, 0) is 15.0 Å². The van der Waals surface area contributed by atoms with Crippen LogP contribution in [0.3, 0.4) is 0 Å². The zero-order chi connectivity index (χ0) is 11.6. The summed E-state index contributed by atoms with van der Waals surface area (Å²) >= 11 is 0. The van der Waals surface area contributed by atoms with E-state index in [0.717, 1.165) is 12.1 Å². The van der Waals surface area contributed by atoms with Gasteiger partial charge in [0.2, 0.25) is 5.91 Å². The fourth-order valence-corrected chi connectivity index (χ4v) is 1.58. The molecule has 1 rings (SSSR count). The molecule has 0 radical (unpaired) electrons. The van der Waals surface area contributed by atoms with Gasteiger partial charge in [-0.15, -0.1) is 3.89 Å². The summed E-state index contributed by atoms with van der Waals surface area (Å²) < 4.78 is 33.7. The Bertz CT molecular complexity index is 497. The smallest absolute Gasteiger partial charge is 0.335 e. The van der Waals surface area contributed by atoms with Gasteiger partial charge in [0.25, 0.3) is 0 Å². The van der Waals surface area contributed by atoms with E-state index in [1.807, 2.05) is 0 Å². The third kappa shape index (κ3) is 2.91. The van der Waals surface area contributed by atoms with Crippen molar-refractivity contribution in [2.24, 2.45) is 0 Å². The normalized spacial score (nSPS) is 11.1. The fourth-order valence-electron chi connectivity index (χ4n) is 0.990. The molecule has 82 valence electrons. The van der Waals surface area contributed by atoms with Crippen LogP contribution in [0, 0.1) is 0 Å². The Morgan fingerprint density at radius 1 is 1.47 bits per heavy atom. The van der Waals surface area contributed by atoms with Crippen LogP contribution < -0.4 is 5.32 Å². The minimum atomic E-state index is -4.99. The maximum Gasteiger partial charge on any atom is 0.335 e. The molecule has 2 N–H and O–H groups in total. The van der Waals surface area contributed by atoms with Crippen molar-refractivity contribution >= 4 is 21.8 Å². The molecule has 0 atom stereocenters. The Hall–Kier alpha value is -1.63. The Morgan fingerprint density at radius 2 is 2.07 bits per heavy atom. The molecule has 1 aromatic carbocycles. The molecule has 0 aliphatic rings. The van der Waals surface area contributed by atoms with Crippen molar-refractivity contribution in [3.8, 4) is 5.75 Å². The number of hydrogen-bond acceptors (Lipinski definition) is 4. The van der Waals surface area contributed by atoms with Gasteiger partial charge in [-0.25, -0.2) is 0 Å². The summed E-state index contributed by atoms with van der Waals surface area (Å²) in [6.45, 7) is 1.22. The van der Waals surface area contributed by atoms with Gasteiger partial charge in [-0.2, -0.15) is 8.42 Å². The highest BCUT2D eigenvalue weighted by atomic mass is 32.3. The van der Waals surface area contributed by atoms with Gasteiger partial charge in [0, 0.05) is 12.6 Å². The van der Waals surface area contributed by atoms with Crippen molar-refractivity contribution in [3.63, 3.8) is 0 Å². The molecule has 5 nitrogen and oxygen atoms in total. The number of carbonyl (C=O) groups excluding carboxylic acids is 1. The average Bonchev–Trinajstić information content (AvgIpc) is 2.05. The lowest BCUT2D eigenvalue weighted by molar-refractivity contribution is -0.114. The number of aromatic hydroxyl groups is 1. The molecule has 0 saturated heterocycles. The number of halogens is 1. The molecule has 1 aromatic rings. The van der Waals surface area contributed by atoms with Crippen LogP contribution >= 0.6 is 0 Å². The summed E-state index contributed by atoms with van der Waals surface area (Å²) in [5.74, 6) is -1.13. The molecule has 0 heterocycles. The molecular formula is C8H8FNO4S. The largest absolute Gasteiger partial charge is 0.506 e. The van der Waals surface area contributed by atoms with E-state index >= 15 is 0 Å². The topological polar surface area (TPSA) is 83.5 Å². The highest BCUT2D eigenvalue weighted by molar-refractivity contribution is 7.86. The molecule has 0 spiro atoms. The summed E-state index contributed by atoms with van der Waals surface area (Å²) in [5.41, 5.74) is 0.0940. The summed E-state index contributed by atoms with van der Waals surface area (Å²) in [6.07, 6.45) is 0. The van der Waals surface area contributed by atoms with Gasteiger partial charge in [-0.05, 0) is 18.2 Å². The minimum absolute atomic E-state index is 0.0940. The SMILES string of the molecule is CC(=O)Nc1ccc(O)c(S(=O)(=O)F)c1. The zero-order valence-corrected chi connectivity index (χ0v) is 8.51. The highest BCUT2D eigenvalue weighted by Gasteiger charge is 2.17. The highest BCUT2D eigenvalue weighted by Crippen LogP contribution is 2.27. The van der Waals surface area contributed by atoms with Gasteiger partial charge in [-0.3, -0.25) is 4.79 Å². The number of carbonyl (C=O) groups is 1. The zero-order valence-electron chi connectivity index (χ0n) is 7.69. The van der Waals surface area contributed by atoms with Crippen molar-refractivity contribution in [1.82, 2.24) is 0 Å². The number of benzene rings is 1. The van der Waals surface area contributed by atoms with Crippen molar-refractivity contribution < 1.29 is 22.2 Å². The van der Waals surface area contributed by atoms with Gasteiger partial charge >= 0.3 is 10.2 Å². The van der Waals surface area contributed by atoms with Gasteiger partial charge in [-0.1, -0.05) is 0 Å². The van der Waals surface area contributed by atoms with Crippen molar-refractivity contribution in [2.75, 3.05) is 5.32 Å². The van der Waals surface area contributed by atoms with E-state index in [4.69, 9.17) is 5.11 Å². The lowest BCUT2D eigenvalue weighted by Crippen LogP contribution is -2.06. The Morgan fingerprint density at radius 3 is 2.53 bits per heavy atom. The average molecular weight is 233 g/mol. The molecule has 0 bridgehead atoms.